The van der Waals surface area contributed by atoms with E-state index < -0.39 is 0 Å². The Bertz CT molecular complexity index is 586. The molecule has 6 nitrogen and oxygen atoms in total. The molecule has 1 aliphatic heterocycles. The van der Waals surface area contributed by atoms with Gasteiger partial charge in [-0.15, -0.1) is 0 Å². The summed E-state index contributed by atoms with van der Waals surface area (Å²) in [4.78, 5) is 26.9. The van der Waals surface area contributed by atoms with Crippen molar-refractivity contribution in [2.45, 2.75) is 13.8 Å². The number of carbonyl (C=O) groups excluding carboxylic acids is 2. The van der Waals surface area contributed by atoms with Crippen molar-refractivity contribution in [3.63, 3.8) is 0 Å². The third-order valence-corrected chi connectivity index (χ3v) is 4.07. The number of hydrogen-bond acceptors (Lipinski definition) is 3. The summed E-state index contributed by atoms with van der Waals surface area (Å²) in [6.07, 6.45) is 3.21. The number of carbonyl (C=O) groups is 2. The molecule has 0 bridgehead atoms. The van der Waals surface area contributed by atoms with Crippen LogP contribution in [0.2, 0.25) is 5.15 Å². The largest absolute Gasteiger partial charge is 0.339 e. The van der Waals surface area contributed by atoms with Gasteiger partial charge in [-0.05, 0) is 13.0 Å². The van der Waals surface area contributed by atoms with Crippen LogP contribution in [0.3, 0.4) is 0 Å². The fraction of sp³-hybridized carbons (Fsp3) is 0.500. The van der Waals surface area contributed by atoms with Crippen molar-refractivity contribution >= 4 is 29.5 Å². The highest BCUT2D eigenvalue weighted by molar-refractivity contribution is 6.31. The lowest BCUT2D eigenvalue weighted by Crippen LogP contribution is -2.49. The van der Waals surface area contributed by atoms with Crippen LogP contribution in [0.5, 0.6) is 0 Å². The van der Waals surface area contributed by atoms with E-state index in [2.05, 4.69) is 5.10 Å². The predicted molar refractivity (Wildman–Crippen MR) is 80.8 cm³/mol. The van der Waals surface area contributed by atoms with Gasteiger partial charge in [0.05, 0.1) is 5.69 Å². The molecular weight excluding hydrogens is 292 g/mol. The fourth-order valence-corrected chi connectivity index (χ4v) is 2.58. The molecule has 0 spiro atoms. The van der Waals surface area contributed by atoms with Crippen molar-refractivity contribution < 1.29 is 9.59 Å². The SMILES string of the molecule is CC(=O)N1CCN(C(=O)/C=C/c2c(C)nn(C)c2Cl)CC1. The van der Waals surface area contributed by atoms with Gasteiger partial charge < -0.3 is 9.80 Å². The molecule has 1 aromatic rings. The molecule has 1 aromatic heterocycles. The molecule has 21 heavy (non-hydrogen) atoms. The summed E-state index contributed by atoms with van der Waals surface area (Å²) < 4.78 is 1.58. The first kappa shape index (κ1) is 15.6. The second-order valence-electron chi connectivity index (χ2n) is 5.08. The van der Waals surface area contributed by atoms with Crippen LogP contribution in [-0.2, 0) is 16.6 Å². The Morgan fingerprint density at radius 2 is 1.76 bits per heavy atom. The number of amides is 2. The quantitative estimate of drug-likeness (QED) is 0.768. The van der Waals surface area contributed by atoms with Crippen LogP contribution in [0.15, 0.2) is 6.08 Å². The fourth-order valence-electron chi connectivity index (χ4n) is 2.34. The van der Waals surface area contributed by atoms with Gasteiger partial charge in [0.15, 0.2) is 0 Å². The molecule has 1 fully saturated rings. The smallest absolute Gasteiger partial charge is 0.246 e. The van der Waals surface area contributed by atoms with E-state index in [1.165, 1.54) is 6.08 Å². The Balaban J connectivity index is 1.99. The number of aryl methyl sites for hydroxylation is 2. The van der Waals surface area contributed by atoms with Gasteiger partial charge in [0.1, 0.15) is 5.15 Å². The number of aromatic nitrogens is 2. The van der Waals surface area contributed by atoms with E-state index in [9.17, 15) is 9.59 Å². The van der Waals surface area contributed by atoms with E-state index in [0.29, 0.717) is 31.3 Å². The zero-order chi connectivity index (χ0) is 15.6. The van der Waals surface area contributed by atoms with Gasteiger partial charge in [-0.1, -0.05) is 11.6 Å². The van der Waals surface area contributed by atoms with Gasteiger partial charge in [-0.2, -0.15) is 5.10 Å². The molecule has 114 valence electrons. The highest BCUT2D eigenvalue weighted by Gasteiger charge is 2.21. The Morgan fingerprint density at radius 3 is 2.24 bits per heavy atom. The Kier molecular flexibility index (Phi) is 4.67. The zero-order valence-corrected chi connectivity index (χ0v) is 13.2. The second-order valence-corrected chi connectivity index (χ2v) is 5.44. The van der Waals surface area contributed by atoms with Crippen LogP contribution in [-0.4, -0.2) is 57.6 Å². The average molecular weight is 311 g/mol. The minimum atomic E-state index is -0.0717. The van der Waals surface area contributed by atoms with Crippen molar-refractivity contribution in [2.75, 3.05) is 26.2 Å². The topological polar surface area (TPSA) is 58.4 Å². The Morgan fingerprint density at radius 1 is 1.19 bits per heavy atom. The molecule has 7 heteroatoms. The maximum absolute atomic E-state index is 12.1. The third-order valence-electron chi connectivity index (χ3n) is 3.63. The van der Waals surface area contributed by atoms with E-state index in [-0.39, 0.29) is 11.8 Å². The highest BCUT2D eigenvalue weighted by atomic mass is 35.5. The lowest BCUT2D eigenvalue weighted by molar-refractivity contribution is -0.135. The van der Waals surface area contributed by atoms with Crippen LogP contribution in [0, 0.1) is 6.92 Å². The molecule has 0 saturated carbocycles. The predicted octanol–water partition coefficient (Wildman–Crippen LogP) is 1.09. The Hall–Kier alpha value is -1.82. The third kappa shape index (κ3) is 3.44. The maximum atomic E-state index is 12.1. The number of piperazine rings is 1. The molecule has 0 radical (unpaired) electrons. The van der Waals surface area contributed by atoms with Crippen molar-refractivity contribution in [3.8, 4) is 0 Å². The summed E-state index contributed by atoms with van der Waals surface area (Å²) in [6.45, 7) is 5.68. The summed E-state index contributed by atoms with van der Waals surface area (Å²) in [6, 6.07) is 0. The summed E-state index contributed by atoms with van der Waals surface area (Å²) in [5.41, 5.74) is 1.54. The standard InChI is InChI=1S/C14H19ClN4O2/c1-10-12(14(15)17(3)16-10)4-5-13(21)19-8-6-18(7-9-19)11(2)20/h4-5H,6-9H2,1-3H3/b5-4+. The average Bonchev–Trinajstić information content (AvgIpc) is 2.70. The van der Waals surface area contributed by atoms with Gasteiger partial charge in [0.2, 0.25) is 11.8 Å². The lowest BCUT2D eigenvalue weighted by atomic mass is 10.2. The van der Waals surface area contributed by atoms with Gasteiger partial charge in [-0.25, -0.2) is 0 Å². The van der Waals surface area contributed by atoms with E-state index in [1.807, 2.05) is 6.92 Å². The first-order valence-corrected chi connectivity index (χ1v) is 7.19. The first-order valence-electron chi connectivity index (χ1n) is 6.81. The minimum absolute atomic E-state index is 0.0513. The van der Waals surface area contributed by atoms with Crippen LogP contribution in [0.1, 0.15) is 18.2 Å². The molecular formula is C14H19ClN4O2. The van der Waals surface area contributed by atoms with Crippen molar-refractivity contribution in [2.24, 2.45) is 7.05 Å². The molecule has 0 atom stereocenters. The maximum Gasteiger partial charge on any atom is 0.246 e. The second kappa shape index (κ2) is 6.30. The van der Waals surface area contributed by atoms with Crippen LogP contribution in [0.4, 0.5) is 0 Å². The lowest BCUT2D eigenvalue weighted by Gasteiger charge is -2.33. The number of nitrogens with zero attached hydrogens (tertiary/aromatic N) is 4. The normalized spacial score (nSPS) is 15.8. The minimum Gasteiger partial charge on any atom is -0.339 e. The summed E-state index contributed by atoms with van der Waals surface area (Å²) >= 11 is 6.12. The molecule has 0 aromatic carbocycles. The van der Waals surface area contributed by atoms with Gasteiger partial charge in [0.25, 0.3) is 0 Å². The van der Waals surface area contributed by atoms with Crippen molar-refractivity contribution in [3.05, 3.63) is 22.5 Å². The van der Waals surface area contributed by atoms with Crippen LogP contribution >= 0.6 is 11.6 Å². The monoisotopic (exact) mass is 310 g/mol. The summed E-state index contributed by atoms with van der Waals surface area (Å²) in [7, 11) is 1.76. The molecule has 0 N–H and O–H groups in total. The van der Waals surface area contributed by atoms with Gasteiger partial charge >= 0.3 is 0 Å². The van der Waals surface area contributed by atoms with Crippen LogP contribution in [0.25, 0.3) is 6.08 Å². The number of hydrogen-bond donors (Lipinski definition) is 0. The first-order chi connectivity index (χ1) is 9.90. The van der Waals surface area contributed by atoms with E-state index in [1.54, 1.807) is 34.5 Å². The number of halogens is 1. The van der Waals surface area contributed by atoms with Gasteiger partial charge in [0, 0.05) is 51.8 Å². The van der Waals surface area contributed by atoms with Gasteiger partial charge in [-0.3, -0.25) is 14.3 Å². The van der Waals surface area contributed by atoms with E-state index in [4.69, 9.17) is 11.6 Å². The molecule has 2 amide bonds. The molecule has 2 rings (SSSR count). The molecule has 1 saturated heterocycles. The van der Waals surface area contributed by atoms with Crippen molar-refractivity contribution in [1.82, 2.24) is 19.6 Å². The highest BCUT2D eigenvalue weighted by Crippen LogP contribution is 2.20. The molecule has 0 aliphatic carbocycles. The van der Waals surface area contributed by atoms with Crippen molar-refractivity contribution in [1.29, 1.82) is 0 Å². The molecule has 2 heterocycles. The zero-order valence-electron chi connectivity index (χ0n) is 12.5. The van der Waals surface area contributed by atoms with Crippen LogP contribution < -0.4 is 0 Å². The molecule has 1 aliphatic rings. The van der Waals surface area contributed by atoms with E-state index >= 15 is 0 Å². The molecule has 0 unspecified atom stereocenters. The van der Waals surface area contributed by atoms with E-state index in [0.717, 1.165) is 11.3 Å². The number of rotatable bonds is 2. The summed E-state index contributed by atoms with van der Waals surface area (Å²) in [5.74, 6) is -0.0204. The summed E-state index contributed by atoms with van der Waals surface area (Å²) in [5, 5.41) is 4.71. The Labute approximate surface area is 129 Å².